The van der Waals surface area contributed by atoms with Gasteiger partial charge in [-0.3, -0.25) is 0 Å². The number of carboxylic acid groups (broad SMARTS) is 1. The van der Waals surface area contributed by atoms with Crippen LogP contribution in [0.15, 0.2) is 42.5 Å². The Bertz CT molecular complexity index is 920. The van der Waals surface area contributed by atoms with Crippen LogP contribution in [0.1, 0.15) is 31.9 Å². The van der Waals surface area contributed by atoms with E-state index in [1.54, 1.807) is 39.0 Å². The molecule has 3 N–H and O–H groups in total. The first kappa shape index (κ1) is 27.2. The number of hydrogen-bond acceptors (Lipinski definition) is 7. The summed E-state index contributed by atoms with van der Waals surface area (Å²) in [5.74, 6) is -1.04. The zero-order valence-electron chi connectivity index (χ0n) is 19.0. The van der Waals surface area contributed by atoms with E-state index < -0.39 is 24.8 Å². The normalized spacial score (nSPS) is 13.4. The van der Waals surface area contributed by atoms with Gasteiger partial charge in [0.25, 0.3) is 0 Å². The van der Waals surface area contributed by atoms with Crippen molar-refractivity contribution in [1.82, 2.24) is 0 Å². The van der Waals surface area contributed by atoms with Gasteiger partial charge in [-0.25, -0.2) is 4.79 Å². The average molecular weight is 487 g/mol. The van der Waals surface area contributed by atoms with Gasteiger partial charge < -0.3 is 34.5 Å². The first-order chi connectivity index (χ1) is 16.0. The third kappa shape index (κ3) is 9.46. The first-order valence-corrected chi connectivity index (χ1v) is 10.5. The van der Waals surface area contributed by atoms with Gasteiger partial charge in [-0.2, -0.15) is 0 Å². The number of carbonyl (C=O) groups is 1. The smallest absolute Gasteiger partial charge is 0.492 e. The van der Waals surface area contributed by atoms with Gasteiger partial charge >= 0.3 is 12.3 Å². The largest absolute Gasteiger partial charge is 0.573 e. The van der Waals surface area contributed by atoms with Crippen molar-refractivity contribution in [2.24, 2.45) is 0 Å². The number of alkyl halides is 3. The van der Waals surface area contributed by atoms with Gasteiger partial charge in [-0.15, -0.1) is 13.2 Å². The van der Waals surface area contributed by atoms with Gasteiger partial charge in [-0.1, -0.05) is 18.2 Å². The Labute approximate surface area is 195 Å². The standard InChI is InChI=1S/C23H28F3NO7/c1-4-31-19-10-7-16(12-20(21(28)29)33-14(2)3)11-18(19)27-22(30)32-13-15-5-8-17(9-6-15)34-23(24,25)26/h5-11,14,20,22,27,30H,4,12-13H2,1-3H3,(H,28,29). The van der Waals surface area contributed by atoms with Crippen LogP contribution in [0.4, 0.5) is 18.9 Å². The third-order valence-electron chi connectivity index (χ3n) is 4.32. The fraction of sp³-hybridized carbons (Fsp3) is 0.435. The lowest BCUT2D eigenvalue weighted by atomic mass is 10.1. The number of anilines is 1. The Balaban J connectivity index is 2.04. The monoisotopic (exact) mass is 487 g/mol. The molecule has 0 bridgehead atoms. The number of aliphatic carboxylic acids is 1. The Kier molecular flexibility index (Phi) is 9.97. The lowest BCUT2D eigenvalue weighted by Crippen LogP contribution is -2.29. The maximum Gasteiger partial charge on any atom is 0.573 e. The van der Waals surface area contributed by atoms with E-state index in [4.69, 9.17) is 14.2 Å². The Morgan fingerprint density at radius 2 is 1.74 bits per heavy atom. The maximum atomic E-state index is 12.2. The third-order valence-corrected chi connectivity index (χ3v) is 4.32. The SMILES string of the molecule is CCOc1ccc(CC(OC(C)C)C(=O)O)cc1NC(O)OCc1ccc(OC(F)(F)F)cc1. The predicted octanol–water partition coefficient (Wildman–Crippen LogP) is 4.31. The number of hydrogen-bond donors (Lipinski definition) is 3. The first-order valence-electron chi connectivity index (χ1n) is 10.5. The fourth-order valence-corrected chi connectivity index (χ4v) is 2.97. The van der Waals surface area contributed by atoms with E-state index in [0.717, 1.165) is 12.1 Å². The van der Waals surface area contributed by atoms with Gasteiger partial charge in [0, 0.05) is 6.42 Å². The molecule has 2 rings (SSSR count). The van der Waals surface area contributed by atoms with Gasteiger partial charge in [-0.05, 0) is 56.2 Å². The maximum absolute atomic E-state index is 12.2. The highest BCUT2D eigenvalue weighted by Gasteiger charge is 2.31. The molecule has 0 aromatic heterocycles. The van der Waals surface area contributed by atoms with Gasteiger partial charge in [0.05, 0.1) is 25.0 Å². The van der Waals surface area contributed by atoms with Crippen molar-refractivity contribution in [2.75, 3.05) is 11.9 Å². The highest BCUT2D eigenvalue weighted by molar-refractivity contribution is 5.73. The molecule has 0 spiro atoms. The Morgan fingerprint density at radius 3 is 2.29 bits per heavy atom. The molecule has 0 aliphatic carbocycles. The quantitative estimate of drug-likeness (QED) is 0.359. The fourth-order valence-electron chi connectivity index (χ4n) is 2.97. The minimum absolute atomic E-state index is 0.0951. The zero-order chi connectivity index (χ0) is 25.3. The summed E-state index contributed by atoms with van der Waals surface area (Å²) in [5, 5.41) is 22.4. The van der Waals surface area contributed by atoms with Crippen LogP contribution < -0.4 is 14.8 Å². The number of rotatable bonds is 13. The summed E-state index contributed by atoms with van der Waals surface area (Å²) in [7, 11) is 0. The zero-order valence-corrected chi connectivity index (χ0v) is 19.0. The summed E-state index contributed by atoms with van der Waals surface area (Å²) < 4.78 is 56.9. The molecule has 0 saturated carbocycles. The number of halogens is 3. The van der Waals surface area contributed by atoms with Crippen LogP contribution in [-0.4, -0.2) is 47.8 Å². The number of aliphatic hydroxyl groups is 1. The number of nitrogens with one attached hydrogen (secondary N) is 1. The van der Waals surface area contributed by atoms with Crippen molar-refractivity contribution in [3.05, 3.63) is 53.6 Å². The number of benzene rings is 2. The molecule has 2 unspecified atom stereocenters. The lowest BCUT2D eigenvalue weighted by molar-refractivity contribution is -0.274. The minimum atomic E-state index is -4.78. The Morgan fingerprint density at radius 1 is 1.09 bits per heavy atom. The molecule has 2 aromatic carbocycles. The molecule has 0 aliphatic rings. The Hall–Kier alpha value is -3.02. The number of ether oxygens (including phenoxy) is 4. The van der Waals surface area contributed by atoms with Crippen LogP contribution in [0.25, 0.3) is 0 Å². The molecular weight excluding hydrogens is 459 g/mol. The van der Waals surface area contributed by atoms with Gasteiger partial charge in [0.1, 0.15) is 11.5 Å². The van der Waals surface area contributed by atoms with E-state index >= 15 is 0 Å². The van der Waals surface area contributed by atoms with Crippen molar-refractivity contribution in [2.45, 2.75) is 58.8 Å². The predicted molar refractivity (Wildman–Crippen MR) is 117 cm³/mol. The molecule has 34 heavy (non-hydrogen) atoms. The molecule has 0 saturated heterocycles. The van der Waals surface area contributed by atoms with E-state index in [0.29, 0.717) is 29.2 Å². The van der Waals surface area contributed by atoms with E-state index in [1.165, 1.54) is 12.1 Å². The minimum Gasteiger partial charge on any atom is -0.492 e. The molecule has 188 valence electrons. The molecule has 0 fully saturated rings. The molecule has 8 nitrogen and oxygen atoms in total. The van der Waals surface area contributed by atoms with E-state index in [2.05, 4.69) is 10.1 Å². The van der Waals surface area contributed by atoms with Crippen LogP contribution in [0, 0.1) is 0 Å². The van der Waals surface area contributed by atoms with Crippen molar-refractivity contribution in [3.8, 4) is 11.5 Å². The van der Waals surface area contributed by atoms with Crippen LogP contribution in [-0.2, 0) is 27.3 Å². The van der Waals surface area contributed by atoms with E-state index in [-0.39, 0.29) is 24.9 Å². The molecule has 2 aromatic rings. The number of aliphatic hydroxyl groups excluding tert-OH is 1. The molecule has 11 heteroatoms. The second-order valence-electron chi connectivity index (χ2n) is 7.48. The molecule has 2 atom stereocenters. The van der Waals surface area contributed by atoms with Crippen LogP contribution >= 0.6 is 0 Å². The highest BCUT2D eigenvalue weighted by Crippen LogP contribution is 2.28. The van der Waals surface area contributed by atoms with Crippen molar-refractivity contribution in [3.63, 3.8) is 0 Å². The summed E-state index contributed by atoms with van der Waals surface area (Å²) in [6.45, 7) is 5.52. The van der Waals surface area contributed by atoms with Crippen LogP contribution in [0.2, 0.25) is 0 Å². The summed E-state index contributed by atoms with van der Waals surface area (Å²) in [5.41, 5.74) is 1.50. The molecule has 0 aliphatic heterocycles. The molecular formula is C23H28F3NO7. The second kappa shape index (κ2) is 12.4. The van der Waals surface area contributed by atoms with Gasteiger partial charge in [0.15, 0.2) is 6.10 Å². The van der Waals surface area contributed by atoms with E-state index in [9.17, 15) is 28.2 Å². The lowest BCUT2D eigenvalue weighted by Gasteiger charge is -2.20. The molecule has 0 amide bonds. The van der Waals surface area contributed by atoms with E-state index in [1.807, 2.05) is 0 Å². The van der Waals surface area contributed by atoms with Crippen molar-refractivity contribution in [1.29, 1.82) is 0 Å². The van der Waals surface area contributed by atoms with Crippen molar-refractivity contribution < 1.29 is 47.1 Å². The van der Waals surface area contributed by atoms with Crippen LogP contribution in [0.3, 0.4) is 0 Å². The van der Waals surface area contributed by atoms with Gasteiger partial charge in [0.2, 0.25) is 6.41 Å². The summed E-state index contributed by atoms with van der Waals surface area (Å²) >= 11 is 0. The highest BCUT2D eigenvalue weighted by atomic mass is 19.4. The molecule has 0 radical (unpaired) electrons. The summed E-state index contributed by atoms with van der Waals surface area (Å²) in [6.07, 6.45) is -7.49. The summed E-state index contributed by atoms with van der Waals surface area (Å²) in [6, 6.07) is 10.00. The van der Waals surface area contributed by atoms with Crippen molar-refractivity contribution >= 4 is 11.7 Å². The second-order valence-corrected chi connectivity index (χ2v) is 7.48. The number of carboxylic acids is 1. The van der Waals surface area contributed by atoms with Crippen LogP contribution in [0.5, 0.6) is 11.5 Å². The average Bonchev–Trinajstić information content (AvgIpc) is 2.73. The molecule has 0 heterocycles. The summed E-state index contributed by atoms with van der Waals surface area (Å²) in [4.78, 5) is 11.5. The topological polar surface area (TPSA) is 106 Å².